The fourth-order valence-electron chi connectivity index (χ4n) is 3.50. The van der Waals surface area contributed by atoms with Crippen LogP contribution in [0.3, 0.4) is 0 Å². The first-order chi connectivity index (χ1) is 5.81. The van der Waals surface area contributed by atoms with Gasteiger partial charge in [0.2, 0.25) is 0 Å². The highest BCUT2D eigenvalue weighted by atomic mass is 32.1. The summed E-state index contributed by atoms with van der Waals surface area (Å²) in [7, 11) is 0. The van der Waals surface area contributed by atoms with Crippen LogP contribution in [0, 0.1) is 17.8 Å². The van der Waals surface area contributed by atoms with Gasteiger partial charge in [0, 0.05) is 12.0 Å². The molecule has 1 nitrogen and oxygen atoms in total. The molecule has 2 heteroatoms. The van der Waals surface area contributed by atoms with E-state index in [1.54, 1.807) is 0 Å². The first-order valence-electron chi connectivity index (χ1n) is 5.11. The lowest BCUT2D eigenvalue weighted by Crippen LogP contribution is -2.35. The van der Waals surface area contributed by atoms with Gasteiger partial charge in [0.05, 0.1) is 4.99 Å². The second kappa shape index (κ2) is 2.44. The molecule has 2 saturated carbocycles. The highest BCUT2D eigenvalue weighted by Gasteiger charge is 2.41. The van der Waals surface area contributed by atoms with E-state index in [0.717, 1.165) is 23.8 Å². The smallest absolute Gasteiger partial charge is 0.0787 e. The van der Waals surface area contributed by atoms with Crippen molar-refractivity contribution in [3.8, 4) is 0 Å². The summed E-state index contributed by atoms with van der Waals surface area (Å²) in [5, 5.41) is 3.53. The highest BCUT2D eigenvalue weighted by molar-refractivity contribution is 7.80. The first kappa shape index (κ1) is 7.31. The largest absolute Gasteiger partial charge is 0.377 e. The normalized spacial score (nSPS) is 50.5. The van der Waals surface area contributed by atoms with Crippen LogP contribution in [0.5, 0.6) is 0 Å². The van der Waals surface area contributed by atoms with Crippen LogP contribution in [0.25, 0.3) is 0 Å². The summed E-state index contributed by atoms with van der Waals surface area (Å²) in [4.78, 5) is 1.18. The van der Waals surface area contributed by atoms with Crippen LogP contribution in [0.15, 0.2) is 0 Å². The van der Waals surface area contributed by atoms with Gasteiger partial charge in [0.1, 0.15) is 0 Å². The molecular weight excluding hydrogens is 166 g/mol. The summed E-state index contributed by atoms with van der Waals surface area (Å²) in [6, 6.07) is 0.744. The number of nitrogens with one attached hydrogen (secondary N) is 1. The Kier molecular flexibility index (Phi) is 1.49. The Hall–Kier alpha value is -0.110. The lowest BCUT2D eigenvalue weighted by Gasteiger charge is -2.37. The van der Waals surface area contributed by atoms with Crippen molar-refractivity contribution in [1.29, 1.82) is 0 Å². The molecule has 0 aromatic carbocycles. The number of rotatable bonds is 0. The molecular formula is C10H15NS. The maximum Gasteiger partial charge on any atom is 0.0787 e. The van der Waals surface area contributed by atoms with E-state index in [1.165, 1.54) is 37.1 Å². The van der Waals surface area contributed by atoms with Crippen LogP contribution >= 0.6 is 12.2 Å². The average Bonchev–Trinajstić information content (AvgIpc) is 2.16. The molecule has 12 heavy (non-hydrogen) atoms. The van der Waals surface area contributed by atoms with Gasteiger partial charge in [-0.1, -0.05) is 12.2 Å². The van der Waals surface area contributed by atoms with Crippen molar-refractivity contribution in [2.24, 2.45) is 17.8 Å². The summed E-state index contributed by atoms with van der Waals surface area (Å²) in [5.74, 6) is 2.75. The molecule has 2 aliphatic heterocycles. The lowest BCUT2D eigenvalue weighted by molar-refractivity contribution is 0.162. The van der Waals surface area contributed by atoms with Gasteiger partial charge in [0.15, 0.2) is 0 Å². The van der Waals surface area contributed by atoms with E-state index in [1.807, 2.05) is 0 Å². The minimum atomic E-state index is 0.744. The molecule has 66 valence electrons. The van der Waals surface area contributed by atoms with Gasteiger partial charge in [-0.15, -0.1) is 0 Å². The summed E-state index contributed by atoms with van der Waals surface area (Å²) in [6.45, 7) is 0. The van der Waals surface area contributed by atoms with Gasteiger partial charge in [-0.3, -0.25) is 0 Å². The molecule has 4 bridgehead atoms. The maximum absolute atomic E-state index is 5.39. The molecule has 2 atom stereocenters. The van der Waals surface area contributed by atoms with Gasteiger partial charge in [-0.2, -0.15) is 0 Å². The summed E-state index contributed by atoms with van der Waals surface area (Å²) >= 11 is 5.39. The molecule has 0 radical (unpaired) electrons. The molecule has 1 N–H and O–H groups in total. The molecule has 2 unspecified atom stereocenters. The second-order valence-electron chi connectivity index (χ2n) is 4.81. The van der Waals surface area contributed by atoms with E-state index < -0.39 is 0 Å². The Morgan fingerprint density at radius 1 is 1.00 bits per heavy atom. The second-order valence-corrected chi connectivity index (χ2v) is 5.25. The summed E-state index contributed by atoms with van der Waals surface area (Å²) in [5.41, 5.74) is 0. The van der Waals surface area contributed by atoms with Gasteiger partial charge < -0.3 is 5.32 Å². The van der Waals surface area contributed by atoms with Crippen molar-refractivity contribution >= 4 is 17.2 Å². The highest BCUT2D eigenvalue weighted by Crippen LogP contribution is 2.45. The van der Waals surface area contributed by atoms with Gasteiger partial charge in [-0.05, 0) is 43.9 Å². The van der Waals surface area contributed by atoms with Crippen molar-refractivity contribution in [2.45, 2.75) is 38.1 Å². The van der Waals surface area contributed by atoms with Crippen LogP contribution in [0.1, 0.15) is 32.1 Å². The molecule has 0 aromatic rings. The lowest BCUT2D eigenvalue weighted by atomic mass is 9.68. The summed E-state index contributed by atoms with van der Waals surface area (Å²) < 4.78 is 0. The molecule has 0 amide bonds. The van der Waals surface area contributed by atoms with Crippen LogP contribution < -0.4 is 5.32 Å². The van der Waals surface area contributed by atoms with E-state index in [-0.39, 0.29) is 0 Å². The molecule has 0 spiro atoms. The molecule has 2 aliphatic carbocycles. The topological polar surface area (TPSA) is 12.0 Å². The number of fused-ring (bicyclic) bond motifs is 1. The van der Waals surface area contributed by atoms with E-state index in [2.05, 4.69) is 5.32 Å². The fourth-order valence-corrected chi connectivity index (χ4v) is 3.86. The zero-order valence-electron chi connectivity index (χ0n) is 7.25. The Morgan fingerprint density at radius 2 is 1.67 bits per heavy atom. The van der Waals surface area contributed by atoms with E-state index in [9.17, 15) is 0 Å². The molecule has 4 aliphatic rings. The maximum atomic E-state index is 5.39. The monoisotopic (exact) mass is 181 g/mol. The Morgan fingerprint density at radius 3 is 2.33 bits per heavy atom. The predicted octanol–water partition coefficient (Wildman–Crippen LogP) is 2.11. The van der Waals surface area contributed by atoms with E-state index in [0.29, 0.717) is 0 Å². The van der Waals surface area contributed by atoms with Crippen LogP contribution in [-0.2, 0) is 0 Å². The Bertz CT molecular complexity index is 212. The predicted molar refractivity (Wildman–Crippen MR) is 53.1 cm³/mol. The number of hydrogen-bond donors (Lipinski definition) is 1. The van der Waals surface area contributed by atoms with Crippen LogP contribution in [0.4, 0.5) is 0 Å². The van der Waals surface area contributed by atoms with Crippen molar-refractivity contribution in [3.63, 3.8) is 0 Å². The number of thiocarbonyl (C=S) groups is 1. The van der Waals surface area contributed by atoms with E-state index in [4.69, 9.17) is 12.2 Å². The first-order valence-corrected chi connectivity index (χ1v) is 5.52. The van der Waals surface area contributed by atoms with Crippen molar-refractivity contribution in [1.82, 2.24) is 5.32 Å². The molecule has 4 rings (SSSR count). The van der Waals surface area contributed by atoms with E-state index >= 15 is 0 Å². The van der Waals surface area contributed by atoms with Crippen molar-refractivity contribution in [3.05, 3.63) is 0 Å². The molecule has 4 fully saturated rings. The third-order valence-corrected chi connectivity index (χ3v) is 4.31. The standard InChI is InChI=1S/C10H15NS/c12-10-8-2-6-1-7(3-8)5-9(4-6)11-10/h6-9H,1-5H2,(H,11,12). The third-order valence-electron chi connectivity index (χ3n) is 3.86. The van der Waals surface area contributed by atoms with Crippen LogP contribution in [-0.4, -0.2) is 11.0 Å². The minimum Gasteiger partial charge on any atom is -0.377 e. The van der Waals surface area contributed by atoms with Crippen molar-refractivity contribution < 1.29 is 0 Å². The molecule has 2 heterocycles. The fraction of sp³-hybridized carbons (Fsp3) is 0.900. The zero-order valence-corrected chi connectivity index (χ0v) is 8.07. The van der Waals surface area contributed by atoms with Gasteiger partial charge in [-0.25, -0.2) is 0 Å². The minimum absolute atomic E-state index is 0.744. The SMILES string of the molecule is S=C1NC2CC3CC(C2)CC1C3. The van der Waals surface area contributed by atoms with Gasteiger partial charge in [0.25, 0.3) is 0 Å². The van der Waals surface area contributed by atoms with Crippen LogP contribution in [0.2, 0.25) is 0 Å². The molecule has 2 saturated heterocycles. The van der Waals surface area contributed by atoms with Gasteiger partial charge >= 0.3 is 0 Å². The zero-order chi connectivity index (χ0) is 8.13. The summed E-state index contributed by atoms with van der Waals surface area (Å²) in [6.07, 6.45) is 7.06. The Balaban J connectivity index is 1.95. The Labute approximate surface area is 78.9 Å². The third kappa shape index (κ3) is 1.00. The number of hydrogen-bond acceptors (Lipinski definition) is 1. The quantitative estimate of drug-likeness (QED) is 0.574. The van der Waals surface area contributed by atoms with Crippen molar-refractivity contribution in [2.75, 3.05) is 0 Å². The molecule has 0 aromatic heterocycles. The average molecular weight is 181 g/mol.